The zero-order chi connectivity index (χ0) is 12.0. The Morgan fingerprint density at radius 3 is 3.06 bits per heavy atom. The van der Waals surface area contributed by atoms with Gasteiger partial charge in [-0.2, -0.15) is 0 Å². The van der Waals surface area contributed by atoms with Gasteiger partial charge in [-0.05, 0) is 25.1 Å². The van der Waals surface area contributed by atoms with Gasteiger partial charge in [0.1, 0.15) is 5.82 Å². The first kappa shape index (κ1) is 10.7. The molecule has 1 N–H and O–H groups in total. The number of fused-ring (bicyclic) bond motifs is 3. The van der Waals surface area contributed by atoms with Crippen molar-refractivity contribution in [3.05, 3.63) is 35.1 Å². The highest BCUT2D eigenvalue weighted by molar-refractivity contribution is 5.96. The van der Waals surface area contributed by atoms with Gasteiger partial charge in [-0.1, -0.05) is 6.07 Å². The predicted octanol–water partition coefficient (Wildman–Crippen LogP) is 1.21. The molecule has 2 aliphatic rings. The molecule has 2 heterocycles. The Morgan fingerprint density at radius 2 is 2.24 bits per heavy atom. The fourth-order valence-electron chi connectivity index (χ4n) is 3.05. The lowest BCUT2D eigenvalue weighted by atomic mass is 9.87. The molecule has 1 aromatic rings. The van der Waals surface area contributed by atoms with Crippen molar-refractivity contribution in [2.45, 2.75) is 5.92 Å². The minimum Gasteiger partial charge on any atom is -0.352 e. The van der Waals surface area contributed by atoms with Crippen molar-refractivity contribution in [3.63, 3.8) is 0 Å². The van der Waals surface area contributed by atoms with Crippen LogP contribution < -0.4 is 5.32 Å². The Bertz CT molecular complexity index is 474. The van der Waals surface area contributed by atoms with Crippen LogP contribution >= 0.6 is 0 Å². The zero-order valence-corrected chi connectivity index (χ0v) is 9.74. The third-order valence-electron chi connectivity index (χ3n) is 3.82. The number of amides is 1. The molecule has 1 fully saturated rings. The molecule has 1 aromatic carbocycles. The van der Waals surface area contributed by atoms with Gasteiger partial charge in [0.25, 0.3) is 5.91 Å². The highest BCUT2D eigenvalue weighted by Crippen LogP contribution is 2.36. The van der Waals surface area contributed by atoms with E-state index in [1.807, 2.05) is 7.05 Å². The molecule has 0 spiro atoms. The van der Waals surface area contributed by atoms with E-state index < -0.39 is 0 Å². The lowest BCUT2D eigenvalue weighted by Crippen LogP contribution is -2.29. The van der Waals surface area contributed by atoms with Crippen LogP contribution in [0.25, 0.3) is 0 Å². The summed E-state index contributed by atoms with van der Waals surface area (Å²) in [5.74, 6) is 0.0682. The molecule has 4 heteroatoms. The minimum atomic E-state index is -0.246. The van der Waals surface area contributed by atoms with E-state index in [4.69, 9.17) is 0 Å². The zero-order valence-electron chi connectivity index (χ0n) is 9.74. The lowest BCUT2D eigenvalue weighted by molar-refractivity contribution is 0.0951. The van der Waals surface area contributed by atoms with E-state index in [-0.39, 0.29) is 17.6 Å². The van der Waals surface area contributed by atoms with Gasteiger partial charge in [-0.3, -0.25) is 4.79 Å². The van der Waals surface area contributed by atoms with E-state index in [0.717, 1.165) is 13.1 Å². The maximum atomic E-state index is 14.0. The number of likely N-dealkylation sites (tertiary alicyclic amines) is 1. The van der Waals surface area contributed by atoms with Crippen LogP contribution in [0.1, 0.15) is 21.8 Å². The van der Waals surface area contributed by atoms with E-state index in [1.165, 1.54) is 6.07 Å². The molecule has 1 amide bonds. The second kappa shape index (κ2) is 3.81. The number of hydrogen-bond donors (Lipinski definition) is 1. The summed E-state index contributed by atoms with van der Waals surface area (Å²) in [5, 5.41) is 2.89. The summed E-state index contributed by atoms with van der Waals surface area (Å²) in [6, 6.07) is 4.77. The Labute approximate surface area is 99.6 Å². The Kier molecular flexibility index (Phi) is 2.40. The van der Waals surface area contributed by atoms with Gasteiger partial charge in [0, 0.05) is 36.7 Å². The maximum Gasteiger partial charge on any atom is 0.251 e. The van der Waals surface area contributed by atoms with E-state index in [2.05, 4.69) is 10.2 Å². The summed E-state index contributed by atoms with van der Waals surface area (Å²) in [7, 11) is 2.04. The average molecular weight is 234 g/mol. The third-order valence-corrected chi connectivity index (χ3v) is 3.82. The van der Waals surface area contributed by atoms with Crippen LogP contribution in [0.4, 0.5) is 4.39 Å². The van der Waals surface area contributed by atoms with Crippen molar-refractivity contribution in [3.8, 4) is 0 Å². The first-order valence-corrected chi connectivity index (χ1v) is 5.92. The smallest absolute Gasteiger partial charge is 0.251 e. The SMILES string of the molecule is CN1C[C@H]2CNC(=O)c3cccc(F)c3[C@@H]2C1. The highest BCUT2D eigenvalue weighted by atomic mass is 19.1. The molecule has 1 saturated heterocycles. The standard InChI is InChI=1S/C13H15FN2O/c1-16-6-8-5-15-13(17)9-3-2-4-11(14)12(9)10(8)7-16/h2-4,8,10H,5-7H2,1H3,(H,15,17)/t8-,10-/m1/s1. The summed E-state index contributed by atoms with van der Waals surface area (Å²) >= 11 is 0. The Hall–Kier alpha value is -1.42. The number of nitrogens with one attached hydrogen (secondary N) is 1. The number of carbonyl (C=O) groups is 1. The first-order valence-electron chi connectivity index (χ1n) is 5.92. The Morgan fingerprint density at radius 1 is 1.41 bits per heavy atom. The van der Waals surface area contributed by atoms with Crippen LogP contribution in [0.5, 0.6) is 0 Å². The summed E-state index contributed by atoms with van der Waals surface area (Å²) in [4.78, 5) is 14.1. The van der Waals surface area contributed by atoms with Gasteiger partial charge < -0.3 is 10.2 Å². The molecule has 2 aliphatic heterocycles. The molecule has 3 nitrogen and oxygen atoms in total. The number of carbonyl (C=O) groups excluding carboxylic acids is 1. The fourth-order valence-corrected chi connectivity index (χ4v) is 3.05. The average Bonchev–Trinajstić information content (AvgIpc) is 2.61. The fraction of sp³-hybridized carbons (Fsp3) is 0.462. The van der Waals surface area contributed by atoms with Crippen LogP contribution in [0, 0.1) is 11.7 Å². The molecule has 0 unspecified atom stereocenters. The van der Waals surface area contributed by atoms with Gasteiger partial charge in [0.15, 0.2) is 0 Å². The number of rotatable bonds is 0. The largest absolute Gasteiger partial charge is 0.352 e. The number of benzene rings is 1. The normalized spacial score (nSPS) is 28.2. The maximum absolute atomic E-state index is 14.0. The van der Waals surface area contributed by atoms with Crippen LogP contribution in [0.15, 0.2) is 18.2 Å². The molecule has 3 rings (SSSR count). The van der Waals surface area contributed by atoms with Crippen molar-refractivity contribution in [1.29, 1.82) is 0 Å². The molecule has 17 heavy (non-hydrogen) atoms. The molecule has 0 saturated carbocycles. The van der Waals surface area contributed by atoms with Crippen molar-refractivity contribution in [2.24, 2.45) is 5.92 Å². The van der Waals surface area contributed by atoms with Gasteiger partial charge in [0.2, 0.25) is 0 Å². The molecule has 2 atom stereocenters. The molecule has 90 valence electrons. The van der Waals surface area contributed by atoms with Crippen molar-refractivity contribution >= 4 is 5.91 Å². The summed E-state index contributed by atoms with van der Waals surface area (Å²) < 4.78 is 14.0. The monoisotopic (exact) mass is 234 g/mol. The van der Waals surface area contributed by atoms with Crippen LogP contribution in [-0.4, -0.2) is 37.5 Å². The number of nitrogens with zero attached hydrogens (tertiary/aromatic N) is 1. The first-order chi connectivity index (χ1) is 8.16. The van der Waals surface area contributed by atoms with Crippen molar-refractivity contribution in [1.82, 2.24) is 10.2 Å². The summed E-state index contributed by atoms with van der Waals surface area (Å²) in [5.41, 5.74) is 1.12. The molecule has 0 aromatic heterocycles. The van der Waals surface area contributed by atoms with Crippen molar-refractivity contribution in [2.75, 3.05) is 26.7 Å². The molecule has 0 radical (unpaired) electrons. The number of likely N-dealkylation sites (N-methyl/N-ethyl adjacent to an activating group) is 1. The van der Waals surface area contributed by atoms with Crippen LogP contribution in [0.3, 0.4) is 0 Å². The molecule has 0 bridgehead atoms. The van der Waals surface area contributed by atoms with Gasteiger partial charge in [0.05, 0.1) is 0 Å². The van der Waals surface area contributed by atoms with E-state index in [1.54, 1.807) is 12.1 Å². The van der Waals surface area contributed by atoms with E-state index in [9.17, 15) is 9.18 Å². The minimum absolute atomic E-state index is 0.134. The van der Waals surface area contributed by atoms with E-state index >= 15 is 0 Å². The predicted molar refractivity (Wildman–Crippen MR) is 62.5 cm³/mol. The van der Waals surface area contributed by atoms with Gasteiger partial charge >= 0.3 is 0 Å². The van der Waals surface area contributed by atoms with Crippen LogP contribution in [0.2, 0.25) is 0 Å². The number of hydrogen-bond acceptors (Lipinski definition) is 2. The van der Waals surface area contributed by atoms with Crippen LogP contribution in [-0.2, 0) is 0 Å². The third kappa shape index (κ3) is 1.63. The molecular weight excluding hydrogens is 219 g/mol. The van der Waals surface area contributed by atoms with Crippen molar-refractivity contribution < 1.29 is 9.18 Å². The number of halogens is 1. The van der Waals surface area contributed by atoms with Gasteiger partial charge in [-0.15, -0.1) is 0 Å². The summed E-state index contributed by atoms with van der Waals surface area (Å²) in [6.07, 6.45) is 0. The summed E-state index contributed by atoms with van der Waals surface area (Å²) in [6.45, 7) is 2.38. The Balaban J connectivity index is 2.14. The molecular formula is C13H15FN2O. The molecule has 0 aliphatic carbocycles. The van der Waals surface area contributed by atoms with E-state index in [0.29, 0.717) is 23.6 Å². The van der Waals surface area contributed by atoms with Gasteiger partial charge in [-0.25, -0.2) is 4.39 Å². The lowest BCUT2D eigenvalue weighted by Gasteiger charge is -2.16. The second-order valence-electron chi connectivity index (χ2n) is 5.00. The highest BCUT2D eigenvalue weighted by Gasteiger charge is 2.38. The topological polar surface area (TPSA) is 32.3 Å². The quantitative estimate of drug-likeness (QED) is 0.732. The second-order valence-corrected chi connectivity index (χ2v) is 5.00.